The number of rotatable bonds is 5. The van der Waals surface area contributed by atoms with Gasteiger partial charge in [-0.1, -0.05) is 48.2 Å². The molecule has 3 rings (SSSR count). The Morgan fingerprint density at radius 2 is 1.96 bits per heavy atom. The highest BCUT2D eigenvalue weighted by atomic mass is 32.2. The molecular formula is C22H24N2S. The monoisotopic (exact) mass is 348 g/mol. The van der Waals surface area contributed by atoms with E-state index in [9.17, 15) is 0 Å². The van der Waals surface area contributed by atoms with Crippen LogP contribution < -0.4 is 5.73 Å². The zero-order valence-electron chi connectivity index (χ0n) is 15.0. The summed E-state index contributed by atoms with van der Waals surface area (Å²) in [6.45, 7) is 10.6. The molecule has 0 atom stereocenters. The SMILES string of the molecule is C=C(S/C=C(\C)Cc1cc(C)c(N)cc1C)c1c[nH]c2ccccc12. The molecule has 2 nitrogen and oxygen atoms in total. The molecule has 25 heavy (non-hydrogen) atoms. The van der Waals surface area contributed by atoms with Crippen molar-refractivity contribution in [2.75, 3.05) is 5.73 Å². The molecule has 1 aromatic heterocycles. The second-order valence-corrected chi connectivity index (χ2v) is 7.53. The molecule has 0 fully saturated rings. The number of aromatic nitrogens is 1. The van der Waals surface area contributed by atoms with E-state index >= 15 is 0 Å². The number of anilines is 1. The first-order valence-corrected chi connectivity index (χ1v) is 9.27. The van der Waals surface area contributed by atoms with E-state index < -0.39 is 0 Å². The maximum absolute atomic E-state index is 5.99. The minimum absolute atomic E-state index is 0.866. The Hall–Kier alpha value is -2.39. The van der Waals surface area contributed by atoms with E-state index in [4.69, 9.17) is 5.73 Å². The van der Waals surface area contributed by atoms with Crippen LogP contribution in [0.2, 0.25) is 0 Å². The minimum atomic E-state index is 0.866. The number of thioether (sulfide) groups is 1. The van der Waals surface area contributed by atoms with Crippen molar-refractivity contribution in [1.82, 2.24) is 4.98 Å². The molecule has 0 saturated heterocycles. The van der Waals surface area contributed by atoms with E-state index in [0.717, 1.165) is 28.1 Å². The van der Waals surface area contributed by atoms with Crippen LogP contribution >= 0.6 is 11.8 Å². The molecular weight excluding hydrogens is 324 g/mol. The fourth-order valence-corrected chi connectivity index (χ4v) is 3.69. The van der Waals surface area contributed by atoms with Crippen molar-refractivity contribution in [2.45, 2.75) is 27.2 Å². The van der Waals surface area contributed by atoms with Gasteiger partial charge in [-0.3, -0.25) is 0 Å². The smallest absolute Gasteiger partial charge is 0.0460 e. The highest BCUT2D eigenvalue weighted by Crippen LogP contribution is 2.33. The van der Waals surface area contributed by atoms with E-state index in [0.29, 0.717) is 0 Å². The molecule has 0 bridgehead atoms. The molecule has 0 aliphatic rings. The fraction of sp³-hybridized carbons (Fsp3) is 0.182. The summed E-state index contributed by atoms with van der Waals surface area (Å²) in [5.74, 6) is 0. The molecule has 128 valence electrons. The molecule has 2 aromatic carbocycles. The Bertz CT molecular complexity index is 963. The first-order valence-electron chi connectivity index (χ1n) is 8.39. The third-order valence-corrected chi connectivity index (χ3v) is 5.51. The number of nitrogens with two attached hydrogens (primary N) is 1. The highest BCUT2D eigenvalue weighted by Gasteiger charge is 2.07. The van der Waals surface area contributed by atoms with Crippen LogP contribution in [0.4, 0.5) is 5.69 Å². The van der Waals surface area contributed by atoms with Crippen molar-refractivity contribution in [3.05, 3.63) is 82.4 Å². The molecule has 1 heterocycles. The van der Waals surface area contributed by atoms with Crippen LogP contribution in [-0.2, 0) is 6.42 Å². The number of aromatic amines is 1. The number of nitrogens with one attached hydrogen (secondary N) is 1. The summed E-state index contributed by atoms with van der Waals surface area (Å²) in [6, 6.07) is 12.6. The topological polar surface area (TPSA) is 41.8 Å². The number of nitrogen functional groups attached to an aromatic ring is 1. The molecule has 0 saturated carbocycles. The predicted molar refractivity (Wildman–Crippen MR) is 113 cm³/mol. The lowest BCUT2D eigenvalue weighted by Gasteiger charge is -2.10. The normalized spacial score (nSPS) is 11.9. The molecule has 0 amide bonds. The number of H-pyrrole nitrogens is 1. The Kier molecular flexibility index (Phi) is 5.05. The molecule has 0 aliphatic carbocycles. The maximum Gasteiger partial charge on any atom is 0.0460 e. The third-order valence-electron chi connectivity index (χ3n) is 4.49. The standard InChI is InChI=1S/C22H24N2S/c1-14(9-18-10-16(3)21(23)11-15(18)2)13-25-17(4)20-12-24-22-8-6-5-7-19(20)22/h5-8,10-13,24H,4,9,23H2,1-3H3/b14-13+. The number of para-hydroxylation sites is 1. The average Bonchev–Trinajstić information content (AvgIpc) is 3.02. The summed E-state index contributed by atoms with van der Waals surface area (Å²) >= 11 is 1.69. The van der Waals surface area contributed by atoms with Gasteiger partial charge in [0.15, 0.2) is 0 Å². The third kappa shape index (κ3) is 3.83. The number of hydrogen-bond donors (Lipinski definition) is 2. The Morgan fingerprint density at radius 3 is 2.76 bits per heavy atom. The number of benzene rings is 2. The van der Waals surface area contributed by atoms with Gasteiger partial charge in [0.25, 0.3) is 0 Å². The second kappa shape index (κ2) is 7.24. The van der Waals surface area contributed by atoms with Crippen molar-refractivity contribution in [3.63, 3.8) is 0 Å². The molecule has 3 N–H and O–H groups in total. The van der Waals surface area contributed by atoms with Gasteiger partial charge in [0.05, 0.1) is 0 Å². The summed E-state index contributed by atoms with van der Waals surface area (Å²) in [5.41, 5.74) is 14.2. The van der Waals surface area contributed by atoms with E-state index in [-0.39, 0.29) is 0 Å². The van der Waals surface area contributed by atoms with Gasteiger partial charge >= 0.3 is 0 Å². The van der Waals surface area contributed by atoms with Gasteiger partial charge in [-0.15, -0.1) is 0 Å². The van der Waals surface area contributed by atoms with E-state index in [2.05, 4.69) is 68.1 Å². The quantitative estimate of drug-likeness (QED) is 0.538. The van der Waals surface area contributed by atoms with Gasteiger partial charge in [0, 0.05) is 33.3 Å². The van der Waals surface area contributed by atoms with Crippen LogP contribution in [0.1, 0.15) is 29.2 Å². The van der Waals surface area contributed by atoms with Crippen LogP contribution in [0.15, 0.2) is 60.2 Å². The first kappa shape index (κ1) is 17.4. The molecule has 0 aliphatic heterocycles. The van der Waals surface area contributed by atoms with Crippen molar-refractivity contribution < 1.29 is 0 Å². The number of hydrogen-bond acceptors (Lipinski definition) is 2. The lowest BCUT2D eigenvalue weighted by atomic mass is 9.99. The van der Waals surface area contributed by atoms with Crippen LogP contribution in [0.3, 0.4) is 0 Å². The minimum Gasteiger partial charge on any atom is -0.399 e. The molecule has 0 radical (unpaired) electrons. The van der Waals surface area contributed by atoms with Crippen LogP contribution in [0.5, 0.6) is 0 Å². The summed E-state index contributed by atoms with van der Waals surface area (Å²) in [5, 5.41) is 3.42. The van der Waals surface area contributed by atoms with Gasteiger partial charge in [0.2, 0.25) is 0 Å². The van der Waals surface area contributed by atoms with E-state index in [1.54, 1.807) is 11.8 Å². The van der Waals surface area contributed by atoms with Crippen LogP contribution in [-0.4, -0.2) is 4.98 Å². The van der Waals surface area contributed by atoms with E-state index in [1.165, 1.54) is 27.6 Å². The van der Waals surface area contributed by atoms with Gasteiger partial charge in [0.1, 0.15) is 0 Å². The predicted octanol–water partition coefficient (Wildman–Crippen LogP) is 6.22. The van der Waals surface area contributed by atoms with Crippen LogP contribution in [0, 0.1) is 13.8 Å². The van der Waals surface area contributed by atoms with Gasteiger partial charge < -0.3 is 10.7 Å². The molecule has 0 spiro atoms. The number of allylic oxidation sites excluding steroid dienone is 1. The lowest BCUT2D eigenvalue weighted by molar-refractivity contribution is 1.11. The average molecular weight is 349 g/mol. The Labute approximate surface area is 153 Å². The maximum atomic E-state index is 5.99. The Morgan fingerprint density at radius 1 is 1.20 bits per heavy atom. The zero-order chi connectivity index (χ0) is 18.0. The summed E-state index contributed by atoms with van der Waals surface area (Å²) in [4.78, 5) is 4.37. The van der Waals surface area contributed by atoms with Gasteiger partial charge in [-0.2, -0.15) is 0 Å². The molecule has 3 aromatic rings. The lowest BCUT2D eigenvalue weighted by Crippen LogP contribution is -1.96. The zero-order valence-corrected chi connectivity index (χ0v) is 15.8. The number of aryl methyl sites for hydroxylation is 2. The second-order valence-electron chi connectivity index (χ2n) is 6.57. The molecule has 3 heteroatoms. The van der Waals surface area contributed by atoms with E-state index in [1.807, 2.05) is 12.3 Å². The van der Waals surface area contributed by atoms with Gasteiger partial charge in [-0.05, 0) is 61.4 Å². The van der Waals surface area contributed by atoms with Crippen molar-refractivity contribution in [3.8, 4) is 0 Å². The summed E-state index contributed by atoms with van der Waals surface area (Å²) in [6.07, 6.45) is 2.97. The molecule has 0 unspecified atom stereocenters. The highest BCUT2D eigenvalue weighted by molar-refractivity contribution is 8.10. The van der Waals surface area contributed by atoms with Crippen molar-refractivity contribution in [2.24, 2.45) is 0 Å². The summed E-state index contributed by atoms with van der Waals surface area (Å²) < 4.78 is 0. The van der Waals surface area contributed by atoms with Crippen molar-refractivity contribution in [1.29, 1.82) is 0 Å². The fourth-order valence-electron chi connectivity index (χ4n) is 2.97. The summed E-state index contributed by atoms with van der Waals surface area (Å²) in [7, 11) is 0. The number of fused-ring (bicyclic) bond motifs is 1. The van der Waals surface area contributed by atoms with Gasteiger partial charge in [-0.25, -0.2) is 0 Å². The van der Waals surface area contributed by atoms with Crippen molar-refractivity contribution >= 4 is 33.3 Å². The Balaban J connectivity index is 1.73. The largest absolute Gasteiger partial charge is 0.399 e. The first-order chi connectivity index (χ1) is 12.0. The van der Waals surface area contributed by atoms with Crippen LogP contribution in [0.25, 0.3) is 15.8 Å².